The first-order valence-electron chi connectivity index (χ1n) is 5.15. The van der Waals surface area contributed by atoms with Crippen LogP contribution in [-0.2, 0) is 0 Å². The van der Waals surface area contributed by atoms with Crippen molar-refractivity contribution in [2.45, 2.75) is 6.92 Å². The van der Waals surface area contributed by atoms with Crippen LogP contribution >= 0.6 is 11.6 Å². The molecule has 1 heterocycles. The first-order chi connectivity index (χ1) is 8.16. The van der Waals surface area contributed by atoms with E-state index in [1.165, 1.54) is 0 Å². The summed E-state index contributed by atoms with van der Waals surface area (Å²) in [5, 5.41) is 3.37. The highest BCUT2D eigenvalue weighted by Crippen LogP contribution is 2.20. The fraction of sp³-hybridized carbons (Fsp3) is 0.0769. The van der Waals surface area contributed by atoms with Crippen molar-refractivity contribution in [1.29, 1.82) is 0 Å². The molecule has 0 atom stereocenters. The van der Waals surface area contributed by atoms with Gasteiger partial charge in [-0.2, -0.15) is 0 Å². The number of amides is 1. The van der Waals surface area contributed by atoms with Gasteiger partial charge in [-0.05, 0) is 36.8 Å². The summed E-state index contributed by atoms with van der Waals surface area (Å²) in [6.07, 6.45) is 1.58. The molecule has 0 spiro atoms. The Bertz CT molecular complexity index is 540. The van der Waals surface area contributed by atoms with Crippen molar-refractivity contribution in [2.24, 2.45) is 0 Å². The maximum atomic E-state index is 11.9. The van der Waals surface area contributed by atoms with Gasteiger partial charge in [0.25, 0.3) is 5.91 Å². The Morgan fingerprint density at radius 1 is 1.29 bits per heavy atom. The number of carbonyl (C=O) groups is 1. The Hall–Kier alpha value is -1.87. The van der Waals surface area contributed by atoms with Crippen LogP contribution in [0.15, 0.2) is 42.6 Å². The molecule has 3 nitrogen and oxygen atoms in total. The Morgan fingerprint density at radius 2 is 2.12 bits per heavy atom. The number of hydrogen-bond acceptors (Lipinski definition) is 2. The third-order valence-corrected chi connectivity index (χ3v) is 2.58. The molecule has 0 bridgehead atoms. The molecule has 0 saturated carbocycles. The van der Waals surface area contributed by atoms with E-state index in [1.54, 1.807) is 36.5 Å². The predicted octanol–water partition coefficient (Wildman–Crippen LogP) is 3.30. The van der Waals surface area contributed by atoms with Crippen molar-refractivity contribution in [2.75, 3.05) is 5.32 Å². The second-order valence-corrected chi connectivity index (χ2v) is 4.06. The van der Waals surface area contributed by atoms with Crippen LogP contribution in [-0.4, -0.2) is 10.9 Å². The maximum Gasteiger partial charge on any atom is 0.274 e. The van der Waals surface area contributed by atoms with Gasteiger partial charge in [-0.15, -0.1) is 0 Å². The molecule has 2 rings (SSSR count). The third kappa shape index (κ3) is 2.82. The Balaban J connectivity index is 2.22. The van der Waals surface area contributed by atoms with Crippen molar-refractivity contribution < 1.29 is 4.79 Å². The number of aromatic nitrogens is 1. The number of halogens is 1. The summed E-state index contributed by atoms with van der Waals surface area (Å²) >= 11 is 5.88. The van der Waals surface area contributed by atoms with Gasteiger partial charge in [-0.1, -0.05) is 23.7 Å². The molecule has 1 aromatic heterocycles. The second-order valence-electron chi connectivity index (χ2n) is 3.63. The lowest BCUT2D eigenvalue weighted by atomic mass is 10.2. The SMILES string of the molecule is Cc1ccc(Cl)cc1NC(=O)c1ccccn1. The topological polar surface area (TPSA) is 42.0 Å². The van der Waals surface area contributed by atoms with Crippen LogP contribution in [0.4, 0.5) is 5.69 Å². The number of benzene rings is 1. The molecule has 0 unspecified atom stereocenters. The Morgan fingerprint density at radius 3 is 2.82 bits per heavy atom. The lowest BCUT2D eigenvalue weighted by Crippen LogP contribution is -2.14. The zero-order valence-electron chi connectivity index (χ0n) is 9.27. The van der Waals surface area contributed by atoms with Crippen LogP contribution in [0.25, 0.3) is 0 Å². The zero-order valence-corrected chi connectivity index (χ0v) is 10.0. The van der Waals surface area contributed by atoms with Gasteiger partial charge < -0.3 is 5.32 Å². The second kappa shape index (κ2) is 4.97. The Kier molecular flexibility index (Phi) is 3.40. The molecule has 0 aliphatic heterocycles. The monoisotopic (exact) mass is 246 g/mol. The van der Waals surface area contributed by atoms with Crippen molar-refractivity contribution >= 4 is 23.2 Å². The van der Waals surface area contributed by atoms with E-state index >= 15 is 0 Å². The molecule has 1 aromatic carbocycles. The summed E-state index contributed by atoms with van der Waals surface area (Å²) in [7, 11) is 0. The predicted molar refractivity (Wildman–Crippen MR) is 68.4 cm³/mol. The zero-order chi connectivity index (χ0) is 12.3. The minimum absolute atomic E-state index is 0.240. The van der Waals surface area contributed by atoms with Gasteiger partial charge in [0.2, 0.25) is 0 Å². The number of nitrogens with zero attached hydrogens (tertiary/aromatic N) is 1. The van der Waals surface area contributed by atoms with Crippen LogP contribution in [0.5, 0.6) is 0 Å². The molecule has 0 aliphatic carbocycles. The van der Waals surface area contributed by atoms with Crippen molar-refractivity contribution in [3.8, 4) is 0 Å². The summed E-state index contributed by atoms with van der Waals surface area (Å²) in [5.41, 5.74) is 2.04. The van der Waals surface area contributed by atoms with Gasteiger partial charge in [0, 0.05) is 16.9 Å². The lowest BCUT2D eigenvalue weighted by Gasteiger charge is -2.08. The first kappa shape index (κ1) is 11.6. The molecule has 0 saturated heterocycles. The van der Waals surface area contributed by atoms with E-state index in [0.717, 1.165) is 5.56 Å². The normalized spacial score (nSPS) is 10.0. The van der Waals surface area contributed by atoms with Gasteiger partial charge in [0.1, 0.15) is 5.69 Å². The van der Waals surface area contributed by atoms with Crippen LogP contribution < -0.4 is 5.32 Å². The fourth-order valence-electron chi connectivity index (χ4n) is 1.41. The van der Waals surface area contributed by atoms with Gasteiger partial charge in [-0.3, -0.25) is 9.78 Å². The number of aryl methyl sites for hydroxylation is 1. The summed E-state index contributed by atoms with van der Waals surface area (Å²) < 4.78 is 0. The van der Waals surface area contributed by atoms with E-state index in [1.807, 2.05) is 13.0 Å². The van der Waals surface area contributed by atoms with E-state index in [4.69, 9.17) is 11.6 Å². The van der Waals surface area contributed by atoms with Gasteiger partial charge >= 0.3 is 0 Å². The fourth-order valence-corrected chi connectivity index (χ4v) is 1.58. The number of pyridine rings is 1. The molecular formula is C13H11ClN2O. The summed E-state index contributed by atoms with van der Waals surface area (Å²) in [5.74, 6) is -0.240. The lowest BCUT2D eigenvalue weighted by molar-refractivity contribution is 0.102. The molecule has 2 aromatic rings. The van der Waals surface area contributed by atoms with Crippen LogP contribution in [0, 0.1) is 6.92 Å². The minimum atomic E-state index is -0.240. The highest BCUT2D eigenvalue weighted by Gasteiger charge is 2.08. The highest BCUT2D eigenvalue weighted by molar-refractivity contribution is 6.31. The maximum absolute atomic E-state index is 11.9. The summed E-state index contributed by atoms with van der Waals surface area (Å²) in [6, 6.07) is 10.6. The van der Waals surface area contributed by atoms with Crippen LogP contribution in [0.1, 0.15) is 16.1 Å². The van der Waals surface area contributed by atoms with Crippen molar-refractivity contribution in [3.05, 3.63) is 58.9 Å². The molecule has 1 N–H and O–H groups in total. The third-order valence-electron chi connectivity index (χ3n) is 2.35. The smallest absolute Gasteiger partial charge is 0.274 e. The molecule has 0 radical (unpaired) electrons. The van der Waals surface area contributed by atoms with E-state index in [-0.39, 0.29) is 5.91 Å². The average Bonchev–Trinajstić information content (AvgIpc) is 2.35. The average molecular weight is 247 g/mol. The largest absolute Gasteiger partial charge is 0.320 e. The number of rotatable bonds is 2. The van der Waals surface area contributed by atoms with E-state index < -0.39 is 0 Å². The Labute approximate surface area is 104 Å². The minimum Gasteiger partial charge on any atom is -0.320 e. The molecule has 4 heteroatoms. The van der Waals surface area contributed by atoms with Crippen LogP contribution in [0.3, 0.4) is 0 Å². The van der Waals surface area contributed by atoms with E-state index in [0.29, 0.717) is 16.4 Å². The first-order valence-corrected chi connectivity index (χ1v) is 5.53. The highest BCUT2D eigenvalue weighted by atomic mass is 35.5. The number of carbonyl (C=O) groups excluding carboxylic acids is 1. The van der Waals surface area contributed by atoms with E-state index in [2.05, 4.69) is 10.3 Å². The van der Waals surface area contributed by atoms with Gasteiger partial charge in [0.15, 0.2) is 0 Å². The standard InChI is InChI=1S/C13H11ClN2O/c1-9-5-6-10(14)8-12(9)16-13(17)11-4-2-3-7-15-11/h2-8H,1H3,(H,16,17). The van der Waals surface area contributed by atoms with Crippen molar-refractivity contribution in [3.63, 3.8) is 0 Å². The van der Waals surface area contributed by atoms with Crippen molar-refractivity contribution in [1.82, 2.24) is 4.98 Å². The molecular weight excluding hydrogens is 236 g/mol. The molecule has 86 valence electrons. The van der Waals surface area contributed by atoms with Crippen LogP contribution in [0.2, 0.25) is 5.02 Å². The molecule has 17 heavy (non-hydrogen) atoms. The number of anilines is 1. The molecule has 1 amide bonds. The summed E-state index contributed by atoms with van der Waals surface area (Å²) in [4.78, 5) is 15.8. The molecule has 0 fully saturated rings. The van der Waals surface area contributed by atoms with Gasteiger partial charge in [0.05, 0.1) is 0 Å². The summed E-state index contributed by atoms with van der Waals surface area (Å²) in [6.45, 7) is 1.91. The van der Waals surface area contributed by atoms with Gasteiger partial charge in [-0.25, -0.2) is 0 Å². The number of hydrogen-bond donors (Lipinski definition) is 1. The van der Waals surface area contributed by atoms with E-state index in [9.17, 15) is 4.79 Å². The number of nitrogens with one attached hydrogen (secondary N) is 1. The quantitative estimate of drug-likeness (QED) is 0.884. The molecule has 0 aliphatic rings.